The van der Waals surface area contributed by atoms with Crippen LogP contribution in [0.4, 0.5) is 0 Å². The van der Waals surface area contributed by atoms with Gasteiger partial charge in [-0.15, -0.1) is 0 Å². The Morgan fingerprint density at radius 1 is 0.812 bits per heavy atom. The molecule has 0 heterocycles. The van der Waals surface area contributed by atoms with Crippen molar-refractivity contribution in [3.8, 4) is 0 Å². The van der Waals surface area contributed by atoms with Gasteiger partial charge in [-0.05, 0) is 12.8 Å². The molecule has 0 aromatic rings. The number of hydrogen-bond acceptors (Lipinski definition) is 3. The predicted molar refractivity (Wildman–Crippen MR) is 69.1 cm³/mol. The van der Waals surface area contributed by atoms with Crippen molar-refractivity contribution in [2.24, 2.45) is 0 Å². The van der Waals surface area contributed by atoms with Crippen molar-refractivity contribution >= 4 is 49.7 Å². The Morgan fingerprint density at radius 3 is 1.69 bits per heavy atom. The average Bonchev–Trinajstić information content (AvgIpc) is 2.15. The molecule has 16 heavy (non-hydrogen) atoms. The molecule has 0 bridgehead atoms. The molecule has 0 amide bonds. The van der Waals surface area contributed by atoms with E-state index in [1.165, 1.54) is 0 Å². The van der Waals surface area contributed by atoms with E-state index in [0.29, 0.717) is 12.8 Å². The molecule has 0 aliphatic heterocycles. The third kappa shape index (κ3) is 14.3. The van der Waals surface area contributed by atoms with Crippen molar-refractivity contribution in [2.75, 3.05) is 0 Å². The van der Waals surface area contributed by atoms with Gasteiger partial charge in [0.15, 0.2) is 0 Å². The molecule has 0 aliphatic rings. The minimum absolute atomic E-state index is 0. The second-order valence-electron chi connectivity index (χ2n) is 3.41. The molecule has 0 radical (unpaired) electrons. The summed E-state index contributed by atoms with van der Waals surface area (Å²) in [4.78, 5) is 22.1. The zero-order valence-electron chi connectivity index (χ0n) is 9.17. The monoisotopic (exact) mass is 216 g/mol. The second kappa shape index (κ2) is 15.3. The molecule has 0 fully saturated rings. The van der Waals surface area contributed by atoms with Crippen LogP contribution in [0.15, 0.2) is 0 Å². The summed E-state index contributed by atoms with van der Waals surface area (Å²) in [6.45, 7) is 4.06. The summed E-state index contributed by atoms with van der Waals surface area (Å²) in [5, 5.41) is 0. The Balaban J connectivity index is -0.000000845. The molecule has 0 N–H and O–H groups in total. The van der Waals surface area contributed by atoms with Crippen molar-refractivity contribution in [3.63, 3.8) is 0 Å². The van der Waals surface area contributed by atoms with E-state index in [4.69, 9.17) is 0 Å². The van der Waals surface area contributed by atoms with Gasteiger partial charge in [-0.3, -0.25) is 9.59 Å². The Kier molecular flexibility index (Phi) is 20.7. The van der Waals surface area contributed by atoms with Gasteiger partial charge in [0, 0.05) is 12.8 Å². The molecule has 0 aromatic heterocycles. The Labute approximate surface area is 122 Å². The van der Waals surface area contributed by atoms with Crippen LogP contribution in [0.25, 0.3) is 0 Å². The molecule has 0 saturated heterocycles. The van der Waals surface area contributed by atoms with E-state index in [9.17, 15) is 9.59 Å². The molecule has 3 nitrogen and oxygen atoms in total. The molecule has 0 aromatic carbocycles. The summed E-state index contributed by atoms with van der Waals surface area (Å²) in [5.74, 6) is -0.757. The number of unbranched alkanes of at least 4 members (excludes halogenated alkanes) is 3. The molecular weight excluding hydrogens is 194 g/mol. The van der Waals surface area contributed by atoms with Crippen LogP contribution >= 0.6 is 0 Å². The maximum absolute atomic E-state index is 11.0. The van der Waals surface area contributed by atoms with Crippen LogP contribution in [0.2, 0.25) is 0 Å². The molecule has 0 rings (SSSR count). The molecule has 0 spiro atoms. The quantitative estimate of drug-likeness (QED) is 0.280. The molecule has 0 aliphatic carbocycles. The van der Waals surface area contributed by atoms with Gasteiger partial charge in [0.25, 0.3) is 0 Å². The SMILES string of the molecule is CCCCCC(=O)OC(=O)CCCC.[LiH].[LiH]. The van der Waals surface area contributed by atoms with Gasteiger partial charge in [-0.1, -0.05) is 33.1 Å². The Hall–Kier alpha value is 0.335. The third-order valence-electron chi connectivity index (χ3n) is 1.95. The molecule has 5 heteroatoms. The van der Waals surface area contributed by atoms with Gasteiger partial charge in [-0.25, -0.2) is 0 Å². The standard InChI is InChI=1S/C11H20O3.2Li.2H/c1-3-5-7-9-11(13)14-10(12)8-6-4-2;;;;/h3-9H2,1-2H3;;;;. The summed E-state index contributed by atoms with van der Waals surface area (Å²) in [6, 6.07) is 0. The number of carbonyl (C=O) groups is 2. The fraction of sp³-hybridized carbons (Fsp3) is 0.818. The van der Waals surface area contributed by atoms with Crippen LogP contribution in [0.1, 0.15) is 58.8 Å². The summed E-state index contributed by atoms with van der Waals surface area (Å²) < 4.78 is 4.62. The van der Waals surface area contributed by atoms with Gasteiger partial charge >= 0.3 is 49.7 Å². The third-order valence-corrected chi connectivity index (χ3v) is 1.95. The number of carbonyl (C=O) groups excluding carboxylic acids is 2. The number of esters is 2. The molecule has 0 atom stereocenters. The molecule has 86 valence electrons. The fourth-order valence-electron chi connectivity index (χ4n) is 1.07. The van der Waals surface area contributed by atoms with E-state index in [0.717, 1.165) is 32.1 Å². The second-order valence-corrected chi connectivity index (χ2v) is 3.41. The van der Waals surface area contributed by atoms with Crippen LogP contribution in [0, 0.1) is 0 Å². The minimum atomic E-state index is -0.381. The van der Waals surface area contributed by atoms with E-state index in [2.05, 4.69) is 11.7 Å². The summed E-state index contributed by atoms with van der Waals surface area (Å²) in [6.07, 6.45) is 5.35. The van der Waals surface area contributed by atoms with E-state index in [1.807, 2.05) is 6.92 Å². The number of hydrogen-bond donors (Lipinski definition) is 0. The van der Waals surface area contributed by atoms with Gasteiger partial charge in [0.1, 0.15) is 0 Å². The van der Waals surface area contributed by atoms with Crippen molar-refractivity contribution < 1.29 is 14.3 Å². The van der Waals surface area contributed by atoms with Gasteiger partial charge < -0.3 is 4.74 Å². The Bertz CT molecular complexity index is 184. The van der Waals surface area contributed by atoms with Crippen LogP contribution in [-0.2, 0) is 14.3 Å². The summed E-state index contributed by atoms with van der Waals surface area (Å²) in [7, 11) is 0. The van der Waals surface area contributed by atoms with Crippen LogP contribution in [0.3, 0.4) is 0 Å². The van der Waals surface area contributed by atoms with Crippen molar-refractivity contribution in [2.45, 2.75) is 58.8 Å². The van der Waals surface area contributed by atoms with Gasteiger partial charge in [0.2, 0.25) is 0 Å². The summed E-state index contributed by atoms with van der Waals surface area (Å²) >= 11 is 0. The molecule has 0 saturated carbocycles. The predicted octanol–water partition coefficient (Wildman–Crippen LogP) is 1.53. The van der Waals surface area contributed by atoms with Gasteiger partial charge in [0.05, 0.1) is 0 Å². The first-order valence-corrected chi connectivity index (χ1v) is 5.44. The van der Waals surface area contributed by atoms with Crippen LogP contribution < -0.4 is 0 Å². The van der Waals surface area contributed by atoms with Crippen LogP contribution in [-0.4, -0.2) is 49.7 Å². The maximum atomic E-state index is 11.0. The van der Waals surface area contributed by atoms with Crippen LogP contribution in [0.5, 0.6) is 0 Å². The number of rotatable bonds is 7. The van der Waals surface area contributed by atoms with Gasteiger partial charge in [-0.2, -0.15) is 0 Å². The van der Waals surface area contributed by atoms with Crippen molar-refractivity contribution in [1.29, 1.82) is 0 Å². The van der Waals surface area contributed by atoms with Crippen molar-refractivity contribution in [1.82, 2.24) is 0 Å². The summed E-state index contributed by atoms with van der Waals surface area (Å²) in [5.41, 5.74) is 0. The average molecular weight is 216 g/mol. The van der Waals surface area contributed by atoms with E-state index >= 15 is 0 Å². The first kappa shape index (κ1) is 21.6. The number of ether oxygens (including phenoxy) is 1. The zero-order chi connectivity index (χ0) is 10.8. The molecule has 0 unspecified atom stereocenters. The first-order chi connectivity index (χ1) is 6.70. The van der Waals surface area contributed by atoms with E-state index in [1.54, 1.807) is 0 Å². The Morgan fingerprint density at radius 2 is 1.25 bits per heavy atom. The fourth-order valence-corrected chi connectivity index (χ4v) is 1.07. The van der Waals surface area contributed by atoms with Crippen molar-refractivity contribution in [3.05, 3.63) is 0 Å². The molecular formula is C11H22Li2O3. The van der Waals surface area contributed by atoms with E-state index < -0.39 is 0 Å². The normalized spacial score (nSPS) is 8.62. The van der Waals surface area contributed by atoms with E-state index in [-0.39, 0.29) is 49.7 Å². The first-order valence-electron chi connectivity index (χ1n) is 5.44. The topological polar surface area (TPSA) is 43.4 Å². The zero-order valence-corrected chi connectivity index (χ0v) is 9.17.